The van der Waals surface area contributed by atoms with Crippen LogP contribution in [0.4, 0.5) is 0 Å². The minimum Gasteiger partial charge on any atom is -0.488 e. The van der Waals surface area contributed by atoms with Crippen LogP contribution in [0, 0.1) is 14.9 Å². The first-order chi connectivity index (χ1) is 16.0. The number of ether oxygens (including phenoxy) is 1. The molecule has 3 rings (SSSR count). The molecule has 33 heavy (non-hydrogen) atoms. The Balaban J connectivity index is 1.56. The molecule has 0 aliphatic carbocycles. The molecule has 0 saturated heterocycles. The summed E-state index contributed by atoms with van der Waals surface area (Å²) >= 11 is 14.2. The van der Waals surface area contributed by atoms with Crippen molar-refractivity contribution in [3.63, 3.8) is 0 Å². The Morgan fingerprint density at radius 3 is 2.52 bits per heavy atom. The molecule has 0 radical (unpaired) electrons. The topological polar surface area (TPSA) is 62.1 Å². The molecule has 1 amide bonds. The van der Waals surface area contributed by atoms with Crippen LogP contribution in [0.2, 0.25) is 10.0 Å². The standard InChI is InChI=1S/C26H21Cl2IN2O2/c27-22-10-8-20(14-23(22)28)17-33-25-11-9-19(15-24(25)29)13-21(16-30)26(32)31-12-4-7-18-5-2-1-3-6-18/h1-3,5-6,8-11,13-15H,4,7,12,17H2,(H,31,32)/b21-13-. The van der Waals surface area contributed by atoms with Crippen molar-refractivity contribution >= 4 is 57.8 Å². The molecular formula is C26H21Cl2IN2O2. The summed E-state index contributed by atoms with van der Waals surface area (Å²) in [5.41, 5.74) is 2.94. The molecule has 7 heteroatoms. The maximum atomic E-state index is 12.4. The highest BCUT2D eigenvalue weighted by Crippen LogP contribution is 2.26. The molecule has 0 aliphatic rings. The van der Waals surface area contributed by atoms with Crippen molar-refractivity contribution in [1.29, 1.82) is 5.26 Å². The van der Waals surface area contributed by atoms with E-state index in [4.69, 9.17) is 27.9 Å². The molecule has 0 aliphatic heterocycles. The van der Waals surface area contributed by atoms with Crippen LogP contribution >= 0.6 is 45.8 Å². The number of nitrogens with one attached hydrogen (secondary N) is 1. The van der Waals surface area contributed by atoms with E-state index in [2.05, 4.69) is 40.0 Å². The molecule has 0 bridgehead atoms. The third kappa shape index (κ3) is 7.78. The Bertz CT molecular complexity index is 1190. The van der Waals surface area contributed by atoms with E-state index >= 15 is 0 Å². The van der Waals surface area contributed by atoms with E-state index in [1.165, 1.54) is 5.56 Å². The van der Waals surface area contributed by atoms with Gasteiger partial charge in [-0.2, -0.15) is 5.26 Å². The van der Waals surface area contributed by atoms with Gasteiger partial charge in [0.15, 0.2) is 0 Å². The number of nitriles is 1. The van der Waals surface area contributed by atoms with Gasteiger partial charge in [-0.1, -0.05) is 65.7 Å². The molecule has 0 fully saturated rings. The summed E-state index contributed by atoms with van der Waals surface area (Å²) in [5, 5.41) is 13.2. The number of amides is 1. The molecule has 168 valence electrons. The van der Waals surface area contributed by atoms with Gasteiger partial charge in [-0.05, 0) is 82.5 Å². The fourth-order valence-corrected chi connectivity index (χ4v) is 4.08. The highest BCUT2D eigenvalue weighted by molar-refractivity contribution is 14.1. The highest BCUT2D eigenvalue weighted by atomic mass is 127. The molecule has 0 aromatic heterocycles. The maximum absolute atomic E-state index is 12.4. The first-order valence-electron chi connectivity index (χ1n) is 10.3. The van der Waals surface area contributed by atoms with Crippen LogP contribution in [0.15, 0.2) is 72.3 Å². The molecule has 4 nitrogen and oxygen atoms in total. The van der Waals surface area contributed by atoms with Gasteiger partial charge in [0.25, 0.3) is 5.91 Å². The number of carbonyl (C=O) groups excluding carboxylic acids is 1. The van der Waals surface area contributed by atoms with E-state index in [9.17, 15) is 10.1 Å². The maximum Gasteiger partial charge on any atom is 0.261 e. The lowest BCUT2D eigenvalue weighted by Crippen LogP contribution is -2.25. The van der Waals surface area contributed by atoms with Crippen molar-refractivity contribution in [2.75, 3.05) is 6.54 Å². The molecular weight excluding hydrogens is 570 g/mol. The van der Waals surface area contributed by atoms with E-state index in [0.717, 1.165) is 27.5 Å². The summed E-state index contributed by atoms with van der Waals surface area (Å²) < 4.78 is 6.74. The van der Waals surface area contributed by atoms with E-state index in [-0.39, 0.29) is 11.5 Å². The van der Waals surface area contributed by atoms with Gasteiger partial charge in [-0.15, -0.1) is 0 Å². The molecule has 3 aromatic carbocycles. The van der Waals surface area contributed by atoms with Gasteiger partial charge in [0.05, 0.1) is 13.6 Å². The second-order valence-corrected chi connectivity index (χ2v) is 9.22. The van der Waals surface area contributed by atoms with Crippen molar-refractivity contribution in [2.24, 2.45) is 0 Å². The first-order valence-corrected chi connectivity index (χ1v) is 12.1. The van der Waals surface area contributed by atoms with Crippen LogP contribution in [0.3, 0.4) is 0 Å². The van der Waals surface area contributed by atoms with Gasteiger partial charge in [-0.25, -0.2) is 0 Å². The Morgan fingerprint density at radius 2 is 1.82 bits per heavy atom. The van der Waals surface area contributed by atoms with Crippen LogP contribution in [0.25, 0.3) is 6.08 Å². The van der Waals surface area contributed by atoms with Gasteiger partial charge < -0.3 is 10.1 Å². The summed E-state index contributed by atoms with van der Waals surface area (Å²) in [6.45, 7) is 0.850. The fraction of sp³-hybridized carbons (Fsp3) is 0.154. The number of carbonyl (C=O) groups is 1. The van der Waals surface area contributed by atoms with Gasteiger partial charge in [0.1, 0.15) is 24.0 Å². The van der Waals surface area contributed by atoms with Crippen molar-refractivity contribution < 1.29 is 9.53 Å². The van der Waals surface area contributed by atoms with Gasteiger partial charge in [-0.3, -0.25) is 4.79 Å². The Kier molecular flexibility index (Phi) is 9.61. The third-order valence-corrected chi connectivity index (χ3v) is 6.36. The number of hydrogen-bond acceptors (Lipinski definition) is 3. The number of hydrogen-bond donors (Lipinski definition) is 1. The van der Waals surface area contributed by atoms with Crippen molar-refractivity contribution in [2.45, 2.75) is 19.4 Å². The third-order valence-electron chi connectivity index (χ3n) is 4.78. The summed E-state index contributed by atoms with van der Waals surface area (Å²) in [4.78, 5) is 12.4. The van der Waals surface area contributed by atoms with Gasteiger partial charge >= 0.3 is 0 Å². The quantitative estimate of drug-likeness (QED) is 0.129. The number of benzene rings is 3. The summed E-state index contributed by atoms with van der Waals surface area (Å²) in [5.74, 6) is 0.322. The number of aryl methyl sites for hydroxylation is 1. The van der Waals surface area contributed by atoms with E-state index < -0.39 is 0 Å². The normalized spacial score (nSPS) is 11.0. The largest absolute Gasteiger partial charge is 0.488 e. The zero-order valence-corrected chi connectivity index (χ0v) is 21.3. The molecule has 0 unspecified atom stereocenters. The minimum atomic E-state index is -0.375. The molecule has 0 heterocycles. The second-order valence-electron chi connectivity index (χ2n) is 7.24. The van der Waals surface area contributed by atoms with Crippen molar-refractivity contribution in [3.8, 4) is 11.8 Å². The SMILES string of the molecule is N#C/C(=C/c1ccc(OCc2ccc(Cl)c(Cl)c2)c(I)c1)C(=O)NCCCc1ccccc1. The first kappa shape index (κ1) is 25.1. The Hall–Kier alpha value is -2.53. The fourth-order valence-electron chi connectivity index (χ4n) is 3.06. The van der Waals surface area contributed by atoms with Gasteiger partial charge in [0, 0.05) is 6.54 Å². The van der Waals surface area contributed by atoms with E-state index in [0.29, 0.717) is 28.9 Å². The summed E-state index contributed by atoms with van der Waals surface area (Å²) in [6.07, 6.45) is 3.25. The number of halogens is 3. The Labute approximate surface area is 217 Å². The molecule has 0 saturated carbocycles. The number of nitrogens with zero attached hydrogens (tertiary/aromatic N) is 1. The van der Waals surface area contributed by atoms with Crippen LogP contribution in [0.5, 0.6) is 5.75 Å². The zero-order chi connectivity index (χ0) is 23.6. The monoisotopic (exact) mass is 590 g/mol. The van der Waals surface area contributed by atoms with Crippen LogP contribution in [-0.2, 0) is 17.8 Å². The molecule has 0 atom stereocenters. The lowest BCUT2D eigenvalue weighted by atomic mass is 10.1. The van der Waals surface area contributed by atoms with E-state index in [1.54, 1.807) is 18.2 Å². The average molecular weight is 591 g/mol. The van der Waals surface area contributed by atoms with Crippen LogP contribution < -0.4 is 10.1 Å². The zero-order valence-electron chi connectivity index (χ0n) is 17.7. The Morgan fingerprint density at radius 1 is 1.03 bits per heavy atom. The van der Waals surface area contributed by atoms with Crippen LogP contribution in [-0.4, -0.2) is 12.5 Å². The van der Waals surface area contributed by atoms with Gasteiger partial charge in [0.2, 0.25) is 0 Å². The molecule has 0 spiro atoms. The minimum absolute atomic E-state index is 0.0648. The summed E-state index contributed by atoms with van der Waals surface area (Å²) in [7, 11) is 0. The van der Waals surface area contributed by atoms with Crippen molar-refractivity contribution in [1.82, 2.24) is 5.32 Å². The smallest absolute Gasteiger partial charge is 0.261 e. The average Bonchev–Trinajstić information content (AvgIpc) is 2.82. The predicted molar refractivity (Wildman–Crippen MR) is 141 cm³/mol. The molecule has 3 aromatic rings. The van der Waals surface area contributed by atoms with Crippen molar-refractivity contribution in [3.05, 3.63) is 103 Å². The second kappa shape index (κ2) is 12.6. The highest BCUT2D eigenvalue weighted by Gasteiger charge is 2.10. The lowest BCUT2D eigenvalue weighted by Gasteiger charge is -2.10. The lowest BCUT2D eigenvalue weighted by molar-refractivity contribution is -0.117. The predicted octanol–water partition coefficient (Wildman–Crippen LogP) is 6.83. The van der Waals surface area contributed by atoms with E-state index in [1.807, 2.05) is 48.5 Å². The molecule has 1 N–H and O–H groups in total. The van der Waals surface area contributed by atoms with Crippen LogP contribution in [0.1, 0.15) is 23.1 Å². The summed E-state index contributed by atoms with van der Waals surface area (Å²) in [6, 6.07) is 22.9. The number of rotatable bonds is 9.